The number of rotatable bonds is 5. The van der Waals surface area contributed by atoms with E-state index < -0.39 is 0 Å². The lowest BCUT2D eigenvalue weighted by Gasteiger charge is -2.12. The van der Waals surface area contributed by atoms with Crippen LogP contribution in [0.3, 0.4) is 0 Å². The molecule has 0 saturated heterocycles. The molecule has 1 aliphatic heterocycles. The molecule has 0 aromatic heterocycles. The molecule has 0 aliphatic carbocycles. The first kappa shape index (κ1) is 16.0. The highest BCUT2D eigenvalue weighted by Crippen LogP contribution is 2.32. The Morgan fingerprint density at radius 2 is 1.96 bits per heavy atom. The Hall–Kier alpha value is -1.85. The summed E-state index contributed by atoms with van der Waals surface area (Å²) in [6.07, 6.45) is 0. The molecular weight excluding hydrogens is 334 g/mol. The smallest absolute Gasteiger partial charge is 0.233 e. The van der Waals surface area contributed by atoms with Crippen LogP contribution >= 0.6 is 23.4 Å². The highest BCUT2D eigenvalue weighted by Gasteiger charge is 2.16. The van der Waals surface area contributed by atoms with Gasteiger partial charge in [-0.3, -0.25) is 4.79 Å². The fraction of sp³-hybridized carbons (Fsp3) is 0.235. The Bertz CT molecular complexity index is 705. The Labute approximate surface area is 144 Å². The van der Waals surface area contributed by atoms with Gasteiger partial charge in [0.1, 0.15) is 0 Å². The van der Waals surface area contributed by atoms with Crippen molar-refractivity contribution in [3.8, 4) is 11.5 Å². The van der Waals surface area contributed by atoms with Crippen molar-refractivity contribution in [3.05, 3.63) is 53.1 Å². The van der Waals surface area contributed by atoms with Gasteiger partial charge in [0.2, 0.25) is 12.7 Å². The molecule has 23 heavy (non-hydrogen) atoms. The first-order chi connectivity index (χ1) is 11.1. The summed E-state index contributed by atoms with van der Waals surface area (Å²) in [5, 5.41) is 3.44. The molecule has 2 aromatic rings. The third kappa shape index (κ3) is 4.12. The number of ether oxygens (including phenoxy) is 2. The van der Waals surface area contributed by atoms with Gasteiger partial charge in [0, 0.05) is 16.5 Å². The Balaban J connectivity index is 1.53. The van der Waals surface area contributed by atoms with Gasteiger partial charge in [0.25, 0.3) is 0 Å². The zero-order chi connectivity index (χ0) is 16.2. The lowest BCUT2D eigenvalue weighted by atomic mass is 10.2. The predicted molar refractivity (Wildman–Crippen MR) is 91.2 cm³/mol. The minimum absolute atomic E-state index is 0.0115. The molecule has 4 nitrogen and oxygen atoms in total. The van der Waals surface area contributed by atoms with Crippen molar-refractivity contribution >= 4 is 29.3 Å². The Kier molecular flexibility index (Phi) is 4.98. The molecule has 1 aliphatic rings. The van der Waals surface area contributed by atoms with Crippen molar-refractivity contribution in [1.82, 2.24) is 5.32 Å². The molecular formula is C17H16ClNO3S. The summed E-state index contributed by atoms with van der Waals surface area (Å²) in [4.78, 5) is 13.2. The highest BCUT2D eigenvalue weighted by atomic mass is 35.5. The van der Waals surface area contributed by atoms with Crippen LogP contribution < -0.4 is 14.8 Å². The van der Waals surface area contributed by atoms with Gasteiger partial charge in [-0.15, -0.1) is 11.8 Å². The van der Waals surface area contributed by atoms with E-state index in [0.717, 1.165) is 22.0 Å². The molecule has 0 radical (unpaired) electrons. The van der Waals surface area contributed by atoms with Crippen LogP contribution in [0.15, 0.2) is 47.4 Å². The molecule has 0 unspecified atom stereocenters. The van der Waals surface area contributed by atoms with Crippen LogP contribution in [0.4, 0.5) is 0 Å². The van der Waals surface area contributed by atoms with E-state index in [1.165, 1.54) is 11.8 Å². The quantitative estimate of drug-likeness (QED) is 0.832. The summed E-state index contributed by atoms with van der Waals surface area (Å²) in [7, 11) is 0. The van der Waals surface area contributed by atoms with E-state index in [2.05, 4.69) is 5.32 Å². The van der Waals surface area contributed by atoms with Gasteiger partial charge in [0.15, 0.2) is 11.5 Å². The van der Waals surface area contributed by atoms with Gasteiger partial charge in [-0.1, -0.05) is 17.7 Å². The van der Waals surface area contributed by atoms with Crippen molar-refractivity contribution in [2.45, 2.75) is 23.6 Å². The monoisotopic (exact) mass is 349 g/mol. The highest BCUT2D eigenvalue weighted by molar-refractivity contribution is 8.00. The van der Waals surface area contributed by atoms with E-state index in [9.17, 15) is 4.79 Å². The zero-order valence-electron chi connectivity index (χ0n) is 12.5. The number of carbonyl (C=O) groups excluding carboxylic acids is 1. The average Bonchev–Trinajstić information content (AvgIpc) is 3.02. The fourth-order valence-corrected chi connectivity index (χ4v) is 3.17. The van der Waals surface area contributed by atoms with Crippen LogP contribution in [0.1, 0.15) is 12.5 Å². The largest absolute Gasteiger partial charge is 0.454 e. The number of fused-ring (bicyclic) bond motifs is 1. The first-order valence-corrected chi connectivity index (χ1v) is 8.46. The molecule has 1 N–H and O–H groups in total. The molecule has 6 heteroatoms. The van der Waals surface area contributed by atoms with Crippen LogP contribution in [-0.4, -0.2) is 18.0 Å². The maximum atomic E-state index is 12.2. The number of thioether (sulfide) groups is 1. The van der Waals surface area contributed by atoms with Crippen LogP contribution in [0.2, 0.25) is 5.02 Å². The number of hydrogen-bond donors (Lipinski definition) is 1. The summed E-state index contributed by atoms with van der Waals surface area (Å²) in [5.74, 6) is 1.45. The van der Waals surface area contributed by atoms with Gasteiger partial charge in [-0.05, 0) is 48.9 Å². The topological polar surface area (TPSA) is 47.6 Å². The van der Waals surface area contributed by atoms with Crippen LogP contribution in [0, 0.1) is 0 Å². The van der Waals surface area contributed by atoms with E-state index in [4.69, 9.17) is 21.1 Å². The van der Waals surface area contributed by atoms with E-state index in [1.54, 1.807) is 0 Å². The molecule has 1 amide bonds. The van der Waals surface area contributed by atoms with Gasteiger partial charge < -0.3 is 14.8 Å². The van der Waals surface area contributed by atoms with Gasteiger partial charge in [-0.2, -0.15) is 0 Å². The first-order valence-electron chi connectivity index (χ1n) is 7.20. The van der Waals surface area contributed by atoms with Crippen LogP contribution in [-0.2, 0) is 11.3 Å². The predicted octanol–water partition coefficient (Wildman–Crippen LogP) is 3.87. The minimum atomic E-state index is -0.190. The van der Waals surface area contributed by atoms with E-state index >= 15 is 0 Å². The van der Waals surface area contributed by atoms with Gasteiger partial charge >= 0.3 is 0 Å². The summed E-state index contributed by atoms with van der Waals surface area (Å²) in [6, 6.07) is 13.1. The summed E-state index contributed by atoms with van der Waals surface area (Å²) in [6.45, 7) is 2.59. The minimum Gasteiger partial charge on any atom is -0.454 e. The third-order valence-electron chi connectivity index (χ3n) is 3.40. The third-order valence-corrected chi connectivity index (χ3v) is 4.76. The van der Waals surface area contributed by atoms with E-state index in [-0.39, 0.29) is 18.0 Å². The zero-order valence-corrected chi connectivity index (χ0v) is 14.1. The molecule has 3 rings (SSSR count). The van der Waals surface area contributed by atoms with Crippen LogP contribution in [0.25, 0.3) is 0 Å². The molecule has 0 fully saturated rings. The van der Waals surface area contributed by atoms with Gasteiger partial charge in [0.05, 0.1) is 5.25 Å². The second kappa shape index (κ2) is 7.15. The van der Waals surface area contributed by atoms with Crippen molar-refractivity contribution < 1.29 is 14.3 Å². The number of nitrogens with one attached hydrogen (secondary N) is 1. The lowest BCUT2D eigenvalue weighted by molar-refractivity contribution is -0.120. The number of halogens is 1. The number of hydrogen-bond acceptors (Lipinski definition) is 4. The standard InChI is InChI=1S/C17H16ClNO3S/c1-11(23-14-5-3-13(18)4-6-14)17(20)19-9-12-2-7-15-16(8-12)22-10-21-15/h2-8,11H,9-10H2,1H3,(H,19,20)/t11-/m0/s1. The van der Waals surface area contributed by atoms with Crippen molar-refractivity contribution in [1.29, 1.82) is 0 Å². The molecule has 1 atom stereocenters. The molecule has 0 saturated carbocycles. The van der Waals surface area contributed by atoms with Crippen molar-refractivity contribution in [2.24, 2.45) is 0 Å². The molecule has 120 valence electrons. The summed E-state index contributed by atoms with van der Waals surface area (Å²) in [5.41, 5.74) is 0.978. The maximum Gasteiger partial charge on any atom is 0.233 e. The fourth-order valence-electron chi connectivity index (χ4n) is 2.15. The molecule has 1 heterocycles. The SMILES string of the molecule is C[C@H](Sc1ccc(Cl)cc1)C(=O)NCc1ccc2c(c1)OCO2. The molecule has 2 aromatic carbocycles. The van der Waals surface area contributed by atoms with E-state index in [1.807, 2.05) is 49.4 Å². The molecule has 0 spiro atoms. The van der Waals surface area contributed by atoms with Crippen molar-refractivity contribution in [3.63, 3.8) is 0 Å². The lowest BCUT2D eigenvalue weighted by Crippen LogP contribution is -2.30. The normalized spacial score (nSPS) is 13.7. The van der Waals surface area contributed by atoms with Gasteiger partial charge in [-0.25, -0.2) is 0 Å². The van der Waals surface area contributed by atoms with E-state index in [0.29, 0.717) is 11.6 Å². The number of amides is 1. The van der Waals surface area contributed by atoms with Crippen LogP contribution in [0.5, 0.6) is 11.5 Å². The second-order valence-corrected chi connectivity index (χ2v) is 6.97. The number of benzene rings is 2. The van der Waals surface area contributed by atoms with Crippen molar-refractivity contribution in [2.75, 3.05) is 6.79 Å². The maximum absolute atomic E-state index is 12.2. The number of carbonyl (C=O) groups is 1. The molecule has 0 bridgehead atoms. The summed E-state index contributed by atoms with van der Waals surface area (Å²) >= 11 is 7.36. The Morgan fingerprint density at radius 1 is 1.22 bits per heavy atom. The average molecular weight is 350 g/mol. The second-order valence-electron chi connectivity index (χ2n) is 5.12. The Morgan fingerprint density at radius 3 is 2.74 bits per heavy atom. The summed E-state index contributed by atoms with van der Waals surface area (Å²) < 4.78 is 10.6.